The van der Waals surface area contributed by atoms with Crippen LogP contribution >= 0.6 is 22.6 Å². The van der Waals surface area contributed by atoms with Crippen LogP contribution in [0.2, 0.25) is 0 Å². The molecule has 2 rings (SSSR count). The van der Waals surface area contributed by atoms with E-state index in [9.17, 15) is 0 Å². The average molecular weight is 330 g/mol. The van der Waals surface area contributed by atoms with E-state index in [1.54, 1.807) is 0 Å². The monoisotopic (exact) mass is 330 g/mol. The van der Waals surface area contributed by atoms with E-state index < -0.39 is 0 Å². The third-order valence-electron chi connectivity index (χ3n) is 3.61. The lowest BCUT2D eigenvalue weighted by Crippen LogP contribution is -2.44. The minimum absolute atomic E-state index is 0.186. The average Bonchev–Trinajstić information content (AvgIpc) is 2.33. The molecule has 88 valence electrons. The van der Waals surface area contributed by atoms with Gasteiger partial charge in [0.2, 0.25) is 0 Å². The number of rotatable bonds is 3. The lowest BCUT2D eigenvalue weighted by molar-refractivity contribution is -0.0232. The van der Waals surface area contributed by atoms with Crippen LogP contribution in [0.15, 0.2) is 24.3 Å². The van der Waals surface area contributed by atoms with E-state index in [1.807, 2.05) is 0 Å². The maximum atomic E-state index is 6.05. The Morgan fingerprint density at radius 1 is 1.44 bits per heavy atom. The van der Waals surface area contributed by atoms with Crippen molar-refractivity contribution in [2.75, 3.05) is 4.43 Å². The molecule has 0 saturated carbocycles. The van der Waals surface area contributed by atoms with Crippen molar-refractivity contribution in [2.45, 2.75) is 44.8 Å². The molecule has 0 unspecified atom stereocenters. The molecule has 0 spiro atoms. The van der Waals surface area contributed by atoms with Gasteiger partial charge in [0.1, 0.15) is 0 Å². The van der Waals surface area contributed by atoms with Gasteiger partial charge >= 0.3 is 0 Å². The smallest absolute Gasteiger partial charge is 0.0723 e. The molecule has 0 radical (unpaired) electrons. The Morgan fingerprint density at radius 3 is 2.88 bits per heavy atom. The Hall–Kier alpha value is -0.0900. The molecule has 16 heavy (non-hydrogen) atoms. The maximum Gasteiger partial charge on any atom is 0.0723 e. The third-order valence-corrected chi connectivity index (χ3v) is 5.20. The summed E-state index contributed by atoms with van der Waals surface area (Å²) < 4.78 is 7.16. The summed E-state index contributed by atoms with van der Waals surface area (Å²) in [6.45, 7) is 5.36. The Bertz CT molecular complexity index is 364. The Labute approximate surface area is 112 Å². The first-order valence-corrected chi connectivity index (χ1v) is 7.51. The lowest BCUT2D eigenvalue weighted by Gasteiger charge is -2.42. The molecule has 0 N–H and O–H groups in total. The molecule has 0 aromatic heterocycles. The van der Waals surface area contributed by atoms with E-state index in [4.69, 9.17) is 4.74 Å². The van der Waals surface area contributed by atoms with Crippen LogP contribution in [-0.4, -0.2) is 10.5 Å². The van der Waals surface area contributed by atoms with Crippen LogP contribution < -0.4 is 0 Å². The van der Waals surface area contributed by atoms with Crippen molar-refractivity contribution >= 4 is 22.6 Å². The molecule has 1 aromatic rings. The minimum Gasteiger partial charge on any atom is -0.373 e. The second kappa shape index (κ2) is 5.05. The first-order valence-electron chi connectivity index (χ1n) is 5.98. The summed E-state index contributed by atoms with van der Waals surface area (Å²) >= 11 is 2.50. The van der Waals surface area contributed by atoms with Crippen molar-refractivity contribution < 1.29 is 4.74 Å². The summed E-state index contributed by atoms with van der Waals surface area (Å²) in [4.78, 5) is 0. The first-order chi connectivity index (χ1) is 7.72. The molecule has 1 aromatic carbocycles. The summed E-state index contributed by atoms with van der Waals surface area (Å²) in [6, 6.07) is 8.73. The Balaban J connectivity index is 2.40. The summed E-state index contributed by atoms with van der Waals surface area (Å²) in [6.07, 6.45) is 2.73. The fourth-order valence-electron chi connectivity index (χ4n) is 2.57. The SMILES string of the molecule is CCC[C@@H]1OCc2ccccc2[C@]1(C)CI. The standard InChI is InChI=1S/C14H19IO/c1-3-6-13-14(2,10-15)12-8-5-4-7-11(12)9-16-13/h4-5,7-8,13H,3,6,9-10H2,1-2H3/t13-,14-/m0/s1. The molecule has 0 aliphatic carbocycles. The number of halogens is 1. The molecule has 0 saturated heterocycles. The topological polar surface area (TPSA) is 9.23 Å². The third kappa shape index (κ3) is 2.02. The van der Waals surface area contributed by atoms with Crippen LogP contribution in [-0.2, 0) is 16.8 Å². The van der Waals surface area contributed by atoms with Crippen molar-refractivity contribution in [2.24, 2.45) is 0 Å². The van der Waals surface area contributed by atoms with E-state index in [2.05, 4.69) is 60.7 Å². The van der Waals surface area contributed by atoms with Crippen LogP contribution in [0, 0.1) is 0 Å². The van der Waals surface area contributed by atoms with E-state index >= 15 is 0 Å². The number of hydrogen-bond acceptors (Lipinski definition) is 1. The van der Waals surface area contributed by atoms with E-state index in [0.717, 1.165) is 17.5 Å². The predicted octanol–water partition coefficient (Wildman–Crippen LogP) is 4.08. The predicted molar refractivity (Wildman–Crippen MR) is 76.2 cm³/mol. The van der Waals surface area contributed by atoms with Gasteiger partial charge in [0.05, 0.1) is 12.7 Å². The van der Waals surface area contributed by atoms with Gasteiger partial charge in [-0.15, -0.1) is 0 Å². The number of fused-ring (bicyclic) bond motifs is 1. The minimum atomic E-state index is 0.186. The highest BCUT2D eigenvalue weighted by atomic mass is 127. The molecule has 1 aliphatic heterocycles. The van der Waals surface area contributed by atoms with Crippen molar-refractivity contribution in [1.82, 2.24) is 0 Å². The first kappa shape index (κ1) is 12.4. The van der Waals surface area contributed by atoms with Gasteiger partial charge < -0.3 is 4.74 Å². The second-order valence-electron chi connectivity index (χ2n) is 4.80. The van der Waals surface area contributed by atoms with Gasteiger partial charge in [-0.05, 0) is 17.5 Å². The molecule has 1 nitrogen and oxygen atoms in total. The zero-order chi connectivity index (χ0) is 11.6. The molecule has 2 heteroatoms. The number of ether oxygens (including phenoxy) is 1. The summed E-state index contributed by atoms with van der Waals surface area (Å²) in [7, 11) is 0. The summed E-state index contributed by atoms with van der Waals surface area (Å²) in [5.74, 6) is 0. The van der Waals surface area contributed by atoms with Gasteiger partial charge in [0.15, 0.2) is 0 Å². The van der Waals surface area contributed by atoms with Gasteiger partial charge in [0.25, 0.3) is 0 Å². The summed E-state index contributed by atoms with van der Waals surface area (Å²) in [5.41, 5.74) is 3.05. The van der Waals surface area contributed by atoms with Gasteiger partial charge in [0, 0.05) is 9.84 Å². The molecule has 0 amide bonds. The fourth-order valence-corrected chi connectivity index (χ4v) is 3.48. The van der Waals surface area contributed by atoms with Gasteiger partial charge in [-0.1, -0.05) is 67.1 Å². The quantitative estimate of drug-likeness (QED) is 0.599. The molecule has 0 fully saturated rings. The van der Waals surface area contributed by atoms with Crippen molar-refractivity contribution in [3.05, 3.63) is 35.4 Å². The van der Waals surface area contributed by atoms with Gasteiger partial charge in [-0.3, -0.25) is 0 Å². The Kier molecular flexibility index (Phi) is 3.90. The molecule has 1 aliphatic rings. The molecular formula is C14H19IO. The van der Waals surface area contributed by atoms with Gasteiger partial charge in [-0.2, -0.15) is 0 Å². The second-order valence-corrected chi connectivity index (χ2v) is 5.56. The van der Waals surface area contributed by atoms with E-state index in [1.165, 1.54) is 17.5 Å². The highest BCUT2D eigenvalue weighted by Gasteiger charge is 2.39. The zero-order valence-electron chi connectivity index (χ0n) is 10.0. The zero-order valence-corrected chi connectivity index (χ0v) is 12.2. The van der Waals surface area contributed by atoms with Crippen molar-refractivity contribution in [3.63, 3.8) is 0 Å². The fraction of sp³-hybridized carbons (Fsp3) is 0.571. The Morgan fingerprint density at radius 2 is 2.19 bits per heavy atom. The number of alkyl halides is 1. The molecule has 2 atom stereocenters. The van der Waals surface area contributed by atoms with Crippen LogP contribution in [0.1, 0.15) is 37.8 Å². The normalized spacial score (nSPS) is 28.8. The van der Waals surface area contributed by atoms with E-state index in [0.29, 0.717) is 6.10 Å². The number of benzene rings is 1. The number of hydrogen-bond donors (Lipinski definition) is 0. The van der Waals surface area contributed by atoms with Crippen LogP contribution in [0.5, 0.6) is 0 Å². The van der Waals surface area contributed by atoms with Crippen molar-refractivity contribution in [3.8, 4) is 0 Å². The van der Waals surface area contributed by atoms with Crippen molar-refractivity contribution in [1.29, 1.82) is 0 Å². The van der Waals surface area contributed by atoms with Crippen LogP contribution in [0.25, 0.3) is 0 Å². The molecular weight excluding hydrogens is 311 g/mol. The highest BCUT2D eigenvalue weighted by molar-refractivity contribution is 14.1. The maximum absolute atomic E-state index is 6.05. The van der Waals surface area contributed by atoms with Crippen LogP contribution in [0.4, 0.5) is 0 Å². The van der Waals surface area contributed by atoms with Crippen LogP contribution in [0.3, 0.4) is 0 Å². The lowest BCUT2D eigenvalue weighted by atomic mass is 9.74. The highest BCUT2D eigenvalue weighted by Crippen LogP contribution is 2.40. The van der Waals surface area contributed by atoms with Gasteiger partial charge in [-0.25, -0.2) is 0 Å². The molecule has 0 bridgehead atoms. The molecule has 1 heterocycles. The van der Waals surface area contributed by atoms with E-state index in [-0.39, 0.29) is 5.41 Å². The summed E-state index contributed by atoms with van der Waals surface area (Å²) in [5, 5.41) is 0. The largest absolute Gasteiger partial charge is 0.373 e.